The van der Waals surface area contributed by atoms with Crippen LogP contribution in [0.2, 0.25) is 0 Å². The van der Waals surface area contributed by atoms with Crippen molar-refractivity contribution in [2.45, 2.75) is 25.5 Å². The highest BCUT2D eigenvalue weighted by Gasteiger charge is 2.18. The van der Waals surface area contributed by atoms with Crippen molar-refractivity contribution in [3.05, 3.63) is 29.8 Å². The molecule has 2 atom stereocenters. The van der Waals surface area contributed by atoms with Crippen LogP contribution in [0.25, 0.3) is 0 Å². The Morgan fingerprint density at radius 3 is 2.45 bits per heavy atom. The van der Waals surface area contributed by atoms with Crippen LogP contribution in [0.5, 0.6) is 0 Å². The Morgan fingerprint density at radius 2 is 1.90 bits per heavy atom. The van der Waals surface area contributed by atoms with Crippen LogP contribution < -0.4 is 5.32 Å². The molecule has 1 aromatic carbocycles. The topological polar surface area (TPSA) is 72.5 Å². The van der Waals surface area contributed by atoms with Gasteiger partial charge in [-0.2, -0.15) is 0 Å². The number of rotatable bonds is 6. The van der Waals surface area contributed by atoms with Gasteiger partial charge in [0.15, 0.2) is 0 Å². The molecule has 0 radical (unpaired) electrons. The highest BCUT2D eigenvalue weighted by atomic mass is 32.2. The second kappa shape index (κ2) is 7.79. The van der Waals surface area contributed by atoms with Gasteiger partial charge in [0.25, 0.3) is 0 Å². The summed E-state index contributed by atoms with van der Waals surface area (Å²) in [5, 5.41) is 2.26. The number of methoxy groups -OCH3 is 1. The number of esters is 1. The quantitative estimate of drug-likeness (QED) is 0.810. The molecule has 0 bridgehead atoms. The van der Waals surface area contributed by atoms with Crippen molar-refractivity contribution in [2.24, 2.45) is 0 Å². The van der Waals surface area contributed by atoms with Gasteiger partial charge in [0.2, 0.25) is 5.91 Å². The number of hydrogen-bond acceptors (Lipinski definition) is 4. The van der Waals surface area contributed by atoms with Gasteiger partial charge in [-0.3, -0.25) is 13.8 Å². The first-order valence-electron chi connectivity index (χ1n) is 6.23. The Hall–Kier alpha value is -1.69. The number of anilines is 1. The molecule has 6 heteroatoms. The summed E-state index contributed by atoms with van der Waals surface area (Å²) in [6.45, 7) is 3.61. The number of benzene rings is 1. The predicted molar refractivity (Wildman–Crippen MR) is 78.9 cm³/mol. The van der Waals surface area contributed by atoms with E-state index in [2.05, 4.69) is 10.1 Å². The monoisotopic (exact) mass is 297 g/mol. The van der Waals surface area contributed by atoms with Gasteiger partial charge in [0, 0.05) is 21.7 Å². The highest BCUT2D eigenvalue weighted by Crippen LogP contribution is 2.09. The molecule has 1 rings (SSSR count). The molecule has 0 aliphatic rings. The molecule has 20 heavy (non-hydrogen) atoms. The van der Waals surface area contributed by atoms with E-state index in [0.29, 0.717) is 5.69 Å². The van der Waals surface area contributed by atoms with Gasteiger partial charge in [-0.05, 0) is 19.1 Å². The average molecular weight is 297 g/mol. The standard InChI is InChI=1S/C14H19NO4S/c1-10-4-6-12(7-5-10)15-13(16)9-20(18)11(2)8-14(17)19-3/h4-7,11H,8-9H2,1-3H3,(H,15,16). The summed E-state index contributed by atoms with van der Waals surface area (Å²) in [4.78, 5) is 22.8. The van der Waals surface area contributed by atoms with Gasteiger partial charge in [-0.1, -0.05) is 24.6 Å². The first-order valence-corrected chi connectivity index (χ1v) is 7.61. The zero-order valence-electron chi connectivity index (χ0n) is 11.8. The van der Waals surface area contributed by atoms with Crippen LogP contribution in [-0.4, -0.2) is 34.2 Å². The summed E-state index contributed by atoms with van der Waals surface area (Å²) in [7, 11) is -0.128. The maximum atomic E-state index is 11.9. The van der Waals surface area contributed by atoms with Gasteiger partial charge in [0.1, 0.15) is 5.75 Å². The molecule has 0 heterocycles. The minimum absolute atomic E-state index is 0.0426. The fraction of sp³-hybridized carbons (Fsp3) is 0.429. The lowest BCUT2D eigenvalue weighted by atomic mass is 10.2. The molecule has 1 N–H and O–H groups in total. The first kappa shape index (κ1) is 16.4. The molecule has 0 saturated heterocycles. The van der Waals surface area contributed by atoms with E-state index in [-0.39, 0.29) is 18.1 Å². The largest absolute Gasteiger partial charge is 0.469 e. The van der Waals surface area contributed by atoms with Crippen molar-refractivity contribution < 1.29 is 18.5 Å². The summed E-state index contributed by atoms with van der Waals surface area (Å²) < 4.78 is 16.4. The van der Waals surface area contributed by atoms with Gasteiger partial charge in [-0.15, -0.1) is 0 Å². The van der Waals surface area contributed by atoms with Crippen molar-refractivity contribution in [3.8, 4) is 0 Å². The third kappa shape index (κ3) is 5.52. The van der Waals surface area contributed by atoms with Crippen molar-refractivity contribution in [3.63, 3.8) is 0 Å². The third-order valence-corrected chi connectivity index (χ3v) is 4.35. The predicted octanol–water partition coefficient (Wildman–Crippen LogP) is 1.63. The van der Waals surface area contributed by atoms with Crippen LogP contribution in [-0.2, 0) is 25.1 Å². The molecular weight excluding hydrogens is 278 g/mol. The molecule has 1 aromatic rings. The average Bonchev–Trinajstić information content (AvgIpc) is 2.41. The van der Waals surface area contributed by atoms with Crippen molar-refractivity contribution in [1.82, 2.24) is 0 Å². The summed E-state index contributed by atoms with van der Waals surface area (Å²) in [5.74, 6) is -0.889. The van der Waals surface area contributed by atoms with E-state index in [0.717, 1.165) is 5.56 Å². The molecule has 0 fully saturated rings. The molecule has 2 unspecified atom stereocenters. The van der Waals surface area contributed by atoms with Gasteiger partial charge in [-0.25, -0.2) is 0 Å². The van der Waals surface area contributed by atoms with E-state index < -0.39 is 22.0 Å². The molecular formula is C14H19NO4S. The Morgan fingerprint density at radius 1 is 1.30 bits per heavy atom. The fourth-order valence-corrected chi connectivity index (χ4v) is 2.45. The Labute approximate surface area is 121 Å². The van der Waals surface area contributed by atoms with Crippen LogP contribution >= 0.6 is 0 Å². The zero-order valence-corrected chi connectivity index (χ0v) is 12.7. The zero-order chi connectivity index (χ0) is 15.1. The fourth-order valence-electron chi connectivity index (χ4n) is 1.52. The molecule has 0 aliphatic heterocycles. The maximum absolute atomic E-state index is 11.9. The molecule has 0 saturated carbocycles. The second-order valence-electron chi connectivity index (χ2n) is 4.53. The molecule has 0 aromatic heterocycles. The van der Waals surface area contributed by atoms with E-state index in [9.17, 15) is 13.8 Å². The van der Waals surface area contributed by atoms with E-state index in [1.165, 1.54) is 7.11 Å². The maximum Gasteiger partial charge on any atom is 0.306 e. The van der Waals surface area contributed by atoms with Crippen molar-refractivity contribution in [2.75, 3.05) is 18.2 Å². The lowest BCUT2D eigenvalue weighted by molar-refractivity contribution is -0.140. The minimum atomic E-state index is -1.41. The third-order valence-electron chi connectivity index (χ3n) is 2.74. The van der Waals surface area contributed by atoms with Crippen LogP contribution in [0.1, 0.15) is 18.9 Å². The number of carbonyl (C=O) groups excluding carboxylic acids is 2. The first-order chi connectivity index (χ1) is 9.42. The van der Waals surface area contributed by atoms with E-state index in [1.54, 1.807) is 19.1 Å². The number of nitrogens with one attached hydrogen (secondary N) is 1. The summed E-state index contributed by atoms with van der Waals surface area (Å²) in [5.41, 5.74) is 1.76. The second-order valence-corrected chi connectivity index (χ2v) is 6.39. The number of ether oxygens (including phenoxy) is 1. The van der Waals surface area contributed by atoms with Crippen LogP contribution in [0.4, 0.5) is 5.69 Å². The highest BCUT2D eigenvalue weighted by molar-refractivity contribution is 7.86. The number of amides is 1. The van der Waals surface area contributed by atoms with Gasteiger partial charge >= 0.3 is 5.97 Å². The lowest BCUT2D eigenvalue weighted by Crippen LogP contribution is -2.26. The van der Waals surface area contributed by atoms with E-state index in [4.69, 9.17) is 0 Å². The number of hydrogen-bond donors (Lipinski definition) is 1. The van der Waals surface area contributed by atoms with Gasteiger partial charge < -0.3 is 10.1 Å². The Balaban J connectivity index is 2.47. The normalized spacial score (nSPS) is 13.3. The Bertz CT molecular complexity index is 498. The Kier molecular flexibility index (Phi) is 6.38. The SMILES string of the molecule is COC(=O)CC(C)S(=O)CC(=O)Nc1ccc(C)cc1. The number of carbonyl (C=O) groups is 2. The lowest BCUT2D eigenvalue weighted by Gasteiger charge is -2.10. The molecule has 0 spiro atoms. The van der Waals surface area contributed by atoms with E-state index in [1.807, 2.05) is 19.1 Å². The minimum Gasteiger partial charge on any atom is -0.469 e. The van der Waals surface area contributed by atoms with Crippen LogP contribution in [0.3, 0.4) is 0 Å². The number of aryl methyl sites for hydroxylation is 1. The van der Waals surface area contributed by atoms with Crippen LogP contribution in [0.15, 0.2) is 24.3 Å². The van der Waals surface area contributed by atoms with E-state index >= 15 is 0 Å². The van der Waals surface area contributed by atoms with Crippen molar-refractivity contribution in [1.29, 1.82) is 0 Å². The van der Waals surface area contributed by atoms with Crippen LogP contribution in [0, 0.1) is 6.92 Å². The summed E-state index contributed by atoms with van der Waals surface area (Å²) in [6, 6.07) is 7.33. The molecule has 110 valence electrons. The molecule has 0 aliphatic carbocycles. The molecule has 1 amide bonds. The van der Waals surface area contributed by atoms with Crippen molar-refractivity contribution >= 4 is 28.4 Å². The van der Waals surface area contributed by atoms with Gasteiger partial charge in [0.05, 0.1) is 13.5 Å². The summed E-state index contributed by atoms with van der Waals surface area (Å²) >= 11 is 0. The molecule has 5 nitrogen and oxygen atoms in total. The smallest absolute Gasteiger partial charge is 0.306 e. The summed E-state index contributed by atoms with van der Waals surface area (Å²) in [6.07, 6.45) is 0.0426.